The predicted molar refractivity (Wildman–Crippen MR) is 135 cm³/mol. The monoisotopic (exact) mass is 499 g/mol. The summed E-state index contributed by atoms with van der Waals surface area (Å²) in [5.41, 5.74) is 3.63. The van der Waals surface area contributed by atoms with Gasteiger partial charge in [0, 0.05) is 5.92 Å². The Bertz CT molecular complexity index is 1030. The standard InChI is InChI=1S/C28H37NO7/c1-4-6-17(14-18-8-11-20(31)12-9-18)10-13-23(32)24-19(7-5-2)15-21-25(22(24)16-30)27(34)29(26(21)33)28(35)36-3/h8-9,11-12,14,21-23,25,30-32H,4-7,10,13,15-16H2,1-3H3/b17-14+/t21-,22+,23-,25-/m1/s1. The molecule has 0 bridgehead atoms. The summed E-state index contributed by atoms with van der Waals surface area (Å²) in [5, 5.41) is 31.2. The SMILES string of the molecule is CCCC1=C([C@H](O)CC/C(=C/c2ccc(O)cc2)CCC)[C@H](CO)[C@@H]2C(=O)N(C(=O)OC)C(=O)[C@@H]2C1. The number of fused-ring (bicyclic) bond motifs is 1. The topological polar surface area (TPSA) is 124 Å². The molecule has 8 nitrogen and oxygen atoms in total. The number of methoxy groups -OCH3 is 1. The molecule has 1 aromatic carbocycles. The average Bonchev–Trinajstić information content (AvgIpc) is 3.12. The third-order valence-electron chi connectivity index (χ3n) is 7.22. The highest BCUT2D eigenvalue weighted by Crippen LogP contribution is 2.47. The number of rotatable bonds is 10. The van der Waals surface area contributed by atoms with Crippen molar-refractivity contribution in [3.8, 4) is 5.75 Å². The molecule has 36 heavy (non-hydrogen) atoms. The number of allylic oxidation sites excluding steroid dienone is 2. The number of aromatic hydroxyl groups is 1. The predicted octanol–water partition coefficient (Wildman–Crippen LogP) is 4.19. The van der Waals surface area contributed by atoms with Gasteiger partial charge in [-0.15, -0.1) is 0 Å². The van der Waals surface area contributed by atoms with Gasteiger partial charge < -0.3 is 20.1 Å². The number of phenols is 1. The Hall–Kier alpha value is -2.97. The van der Waals surface area contributed by atoms with Crippen molar-refractivity contribution in [1.29, 1.82) is 0 Å². The van der Waals surface area contributed by atoms with Crippen LogP contribution in [0.15, 0.2) is 41.0 Å². The van der Waals surface area contributed by atoms with Crippen LogP contribution in [0, 0.1) is 17.8 Å². The minimum absolute atomic E-state index is 0.200. The first-order chi connectivity index (χ1) is 17.3. The number of amides is 3. The number of benzene rings is 1. The Morgan fingerprint density at radius 1 is 1.14 bits per heavy atom. The smallest absolute Gasteiger partial charge is 0.423 e. The minimum atomic E-state index is -1.01. The molecule has 0 unspecified atom stereocenters. The molecule has 196 valence electrons. The molecule has 0 saturated carbocycles. The molecule has 0 spiro atoms. The number of hydrogen-bond acceptors (Lipinski definition) is 7. The van der Waals surface area contributed by atoms with E-state index in [1.54, 1.807) is 12.1 Å². The maximum atomic E-state index is 13.1. The Kier molecular flexibility index (Phi) is 9.45. The molecule has 1 aliphatic carbocycles. The summed E-state index contributed by atoms with van der Waals surface area (Å²) in [4.78, 5) is 38.7. The average molecular weight is 500 g/mol. The molecule has 8 heteroatoms. The van der Waals surface area contributed by atoms with Gasteiger partial charge in [-0.1, -0.05) is 56.0 Å². The van der Waals surface area contributed by atoms with Crippen molar-refractivity contribution < 1.29 is 34.4 Å². The second-order valence-corrected chi connectivity index (χ2v) is 9.61. The van der Waals surface area contributed by atoms with Crippen LogP contribution in [0.4, 0.5) is 4.79 Å². The van der Waals surface area contributed by atoms with Crippen LogP contribution in [0.2, 0.25) is 0 Å². The molecule has 1 heterocycles. The normalized spacial score (nSPS) is 23.2. The van der Waals surface area contributed by atoms with Gasteiger partial charge in [0.25, 0.3) is 0 Å². The van der Waals surface area contributed by atoms with Crippen LogP contribution < -0.4 is 0 Å². The maximum absolute atomic E-state index is 13.1. The lowest BCUT2D eigenvalue weighted by Gasteiger charge is -2.36. The van der Waals surface area contributed by atoms with Gasteiger partial charge in [0.2, 0.25) is 11.8 Å². The van der Waals surface area contributed by atoms with Gasteiger partial charge in [-0.05, 0) is 55.4 Å². The maximum Gasteiger partial charge on any atom is 0.423 e. The van der Waals surface area contributed by atoms with Gasteiger partial charge in [-0.25, -0.2) is 4.79 Å². The zero-order valence-corrected chi connectivity index (χ0v) is 21.3. The van der Waals surface area contributed by atoms with Gasteiger partial charge in [0.1, 0.15) is 5.75 Å². The Morgan fingerprint density at radius 3 is 2.42 bits per heavy atom. The molecular weight excluding hydrogens is 462 g/mol. The van der Waals surface area contributed by atoms with E-state index >= 15 is 0 Å². The summed E-state index contributed by atoms with van der Waals surface area (Å²) in [5.74, 6) is -3.44. The fourth-order valence-electron chi connectivity index (χ4n) is 5.64. The summed E-state index contributed by atoms with van der Waals surface area (Å²) >= 11 is 0. The molecule has 3 rings (SSSR count). The molecule has 1 saturated heterocycles. The number of phenolic OH excluding ortho intramolecular Hbond substituents is 1. The van der Waals surface area contributed by atoms with E-state index in [0.717, 1.165) is 43.1 Å². The molecule has 3 N–H and O–H groups in total. The molecule has 0 aromatic heterocycles. The van der Waals surface area contributed by atoms with Crippen molar-refractivity contribution in [1.82, 2.24) is 4.90 Å². The van der Waals surface area contributed by atoms with E-state index in [2.05, 4.69) is 17.7 Å². The summed E-state index contributed by atoms with van der Waals surface area (Å²) < 4.78 is 4.64. The van der Waals surface area contributed by atoms with Gasteiger partial charge in [-0.3, -0.25) is 9.59 Å². The highest BCUT2D eigenvalue weighted by atomic mass is 16.5. The van der Waals surface area contributed by atoms with E-state index in [9.17, 15) is 29.7 Å². The first kappa shape index (κ1) is 27.6. The lowest BCUT2D eigenvalue weighted by atomic mass is 9.67. The van der Waals surface area contributed by atoms with Crippen molar-refractivity contribution in [3.63, 3.8) is 0 Å². The van der Waals surface area contributed by atoms with Gasteiger partial charge in [-0.2, -0.15) is 4.90 Å². The third-order valence-corrected chi connectivity index (χ3v) is 7.22. The Labute approximate surface area is 212 Å². The second-order valence-electron chi connectivity index (χ2n) is 9.61. The number of nitrogens with zero attached hydrogens (tertiary/aromatic N) is 1. The number of aliphatic hydroxyl groups excluding tert-OH is 2. The van der Waals surface area contributed by atoms with E-state index in [1.165, 1.54) is 0 Å². The van der Waals surface area contributed by atoms with Crippen LogP contribution >= 0.6 is 0 Å². The summed E-state index contributed by atoms with van der Waals surface area (Å²) in [7, 11) is 1.11. The van der Waals surface area contributed by atoms with E-state index in [0.29, 0.717) is 29.7 Å². The molecule has 1 fully saturated rings. The number of carbonyl (C=O) groups is 3. The molecular formula is C28H37NO7. The molecule has 1 aliphatic heterocycles. The van der Waals surface area contributed by atoms with Crippen LogP contribution in [0.25, 0.3) is 6.08 Å². The summed E-state index contributed by atoms with van der Waals surface area (Å²) in [6.07, 6.45) is 4.67. The number of hydrogen-bond donors (Lipinski definition) is 3. The fraction of sp³-hybridized carbons (Fsp3) is 0.536. The number of likely N-dealkylation sites (tertiary alicyclic amines) is 1. The third kappa shape index (κ3) is 5.71. The van der Waals surface area contributed by atoms with Crippen LogP contribution in [-0.2, 0) is 14.3 Å². The first-order valence-electron chi connectivity index (χ1n) is 12.7. The molecule has 3 amide bonds. The van der Waals surface area contributed by atoms with Gasteiger partial charge in [0.15, 0.2) is 0 Å². The van der Waals surface area contributed by atoms with Gasteiger partial charge >= 0.3 is 6.09 Å². The van der Waals surface area contributed by atoms with Crippen molar-refractivity contribution in [2.24, 2.45) is 17.8 Å². The number of ether oxygens (including phenoxy) is 1. The zero-order valence-electron chi connectivity index (χ0n) is 21.3. The second kappa shape index (κ2) is 12.3. The lowest BCUT2D eigenvalue weighted by molar-refractivity contribution is -0.137. The van der Waals surface area contributed by atoms with Crippen molar-refractivity contribution in [3.05, 3.63) is 46.5 Å². The molecule has 0 radical (unpaired) electrons. The van der Waals surface area contributed by atoms with Crippen LogP contribution in [0.3, 0.4) is 0 Å². The van der Waals surface area contributed by atoms with E-state index < -0.39 is 48.4 Å². The highest BCUT2D eigenvalue weighted by Gasteiger charge is 2.57. The van der Waals surface area contributed by atoms with E-state index in [1.807, 2.05) is 19.1 Å². The van der Waals surface area contributed by atoms with Gasteiger partial charge in [0.05, 0.1) is 31.7 Å². The van der Waals surface area contributed by atoms with Crippen LogP contribution in [0.1, 0.15) is 64.4 Å². The highest BCUT2D eigenvalue weighted by molar-refractivity contribution is 6.15. The lowest BCUT2D eigenvalue weighted by Crippen LogP contribution is -2.40. The zero-order chi connectivity index (χ0) is 26.4. The molecule has 2 aliphatic rings. The van der Waals surface area contributed by atoms with Crippen LogP contribution in [-0.4, -0.2) is 57.9 Å². The first-order valence-corrected chi connectivity index (χ1v) is 12.7. The minimum Gasteiger partial charge on any atom is -0.508 e. The Morgan fingerprint density at radius 2 is 1.83 bits per heavy atom. The van der Waals surface area contributed by atoms with Crippen molar-refractivity contribution >= 4 is 24.0 Å². The largest absolute Gasteiger partial charge is 0.508 e. The molecule has 1 aromatic rings. The fourth-order valence-corrected chi connectivity index (χ4v) is 5.64. The van der Waals surface area contributed by atoms with Crippen molar-refractivity contribution in [2.75, 3.05) is 13.7 Å². The summed E-state index contributed by atoms with van der Waals surface area (Å²) in [6, 6.07) is 6.94. The quantitative estimate of drug-likeness (QED) is 0.326. The van der Waals surface area contributed by atoms with Crippen molar-refractivity contribution in [2.45, 2.75) is 64.9 Å². The number of imide groups is 3. The molecule has 4 atom stereocenters. The summed E-state index contributed by atoms with van der Waals surface area (Å²) in [6.45, 7) is 3.68. The van der Waals surface area contributed by atoms with Crippen LogP contribution in [0.5, 0.6) is 5.75 Å². The number of carbonyl (C=O) groups excluding carboxylic acids is 3. The number of aliphatic hydroxyl groups is 2. The Balaban J connectivity index is 1.87. The van der Waals surface area contributed by atoms with E-state index in [-0.39, 0.29) is 12.2 Å². The van der Waals surface area contributed by atoms with E-state index in [4.69, 9.17) is 0 Å².